The second-order valence-electron chi connectivity index (χ2n) is 3.91. The summed E-state index contributed by atoms with van der Waals surface area (Å²) in [6.45, 7) is 4.01. The fourth-order valence-corrected chi connectivity index (χ4v) is 1.54. The summed E-state index contributed by atoms with van der Waals surface area (Å²) < 4.78 is 26.4. The van der Waals surface area contributed by atoms with Gasteiger partial charge in [-0.25, -0.2) is 13.8 Å². The van der Waals surface area contributed by atoms with Crippen LogP contribution >= 0.6 is 0 Å². The predicted octanol–water partition coefficient (Wildman–Crippen LogP) is 2.57. The Kier molecular flexibility index (Phi) is 4.04. The molecule has 0 aliphatic heterocycles. The van der Waals surface area contributed by atoms with Crippen molar-refractivity contribution in [1.29, 1.82) is 0 Å². The summed E-state index contributed by atoms with van der Waals surface area (Å²) >= 11 is 0. The lowest BCUT2D eigenvalue weighted by Crippen LogP contribution is -2.30. The third kappa shape index (κ3) is 2.59. The number of anilines is 2. The van der Waals surface area contributed by atoms with E-state index in [2.05, 4.69) is 4.98 Å². The molecule has 0 aliphatic carbocycles. The lowest BCUT2D eigenvalue weighted by molar-refractivity contribution is 0.554. The molecule has 1 atom stereocenters. The van der Waals surface area contributed by atoms with Crippen LogP contribution in [0, 0.1) is 11.6 Å². The Balaban J connectivity index is 2.99. The number of halogens is 2. The molecule has 3 nitrogen and oxygen atoms in total. The summed E-state index contributed by atoms with van der Waals surface area (Å²) in [5.74, 6) is -1.68. The van der Waals surface area contributed by atoms with Gasteiger partial charge in [-0.05, 0) is 13.3 Å². The molecule has 0 radical (unpaired) electrons. The highest BCUT2D eigenvalue weighted by atomic mass is 19.1. The number of pyridine rings is 1. The summed E-state index contributed by atoms with van der Waals surface area (Å²) in [5, 5.41) is 0. The average molecular weight is 229 g/mol. The standard InChI is InChI=1S/C11H17F2N3/c1-4-5-7(2)16(3)11-9(13)6-8(12)10(14)15-11/h6-7H,4-5H2,1-3H3,(H2,14,15). The first kappa shape index (κ1) is 12.7. The minimum atomic E-state index is -0.821. The molecule has 0 spiro atoms. The number of rotatable bonds is 4. The molecule has 1 heterocycles. The molecule has 0 aromatic carbocycles. The smallest absolute Gasteiger partial charge is 0.168 e. The van der Waals surface area contributed by atoms with Crippen molar-refractivity contribution in [3.05, 3.63) is 17.7 Å². The second kappa shape index (κ2) is 5.09. The summed E-state index contributed by atoms with van der Waals surface area (Å²) in [5.41, 5.74) is 5.32. The van der Waals surface area contributed by atoms with Gasteiger partial charge in [-0.1, -0.05) is 13.3 Å². The molecule has 1 unspecified atom stereocenters. The maximum absolute atomic E-state index is 13.5. The Bertz CT molecular complexity index is 368. The van der Waals surface area contributed by atoms with Gasteiger partial charge in [0.15, 0.2) is 23.3 Å². The molecule has 0 saturated heterocycles. The number of nitrogen functional groups attached to an aromatic ring is 1. The quantitative estimate of drug-likeness (QED) is 0.862. The van der Waals surface area contributed by atoms with Crippen molar-refractivity contribution in [3.8, 4) is 0 Å². The van der Waals surface area contributed by atoms with Gasteiger partial charge in [-0.3, -0.25) is 0 Å². The van der Waals surface area contributed by atoms with Crippen molar-refractivity contribution in [2.75, 3.05) is 17.7 Å². The Morgan fingerprint density at radius 3 is 2.62 bits per heavy atom. The van der Waals surface area contributed by atoms with E-state index in [9.17, 15) is 8.78 Å². The molecule has 16 heavy (non-hydrogen) atoms. The monoisotopic (exact) mass is 229 g/mol. The van der Waals surface area contributed by atoms with Gasteiger partial charge < -0.3 is 10.6 Å². The molecule has 2 N–H and O–H groups in total. The lowest BCUT2D eigenvalue weighted by atomic mass is 10.2. The van der Waals surface area contributed by atoms with Crippen LogP contribution in [0.15, 0.2) is 6.07 Å². The van der Waals surface area contributed by atoms with Gasteiger partial charge in [0.2, 0.25) is 0 Å². The first-order chi connectivity index (χ1) is 7.47. The fourth-order valence-electron chi connectivity index (χ4n) is 1.54. The van der Waals surface area contributed by atoms with Crippen LogP contribution in [0.25, 0.3) is 0 Å². The molecular weight excluding hydrogens is 212 g/mol. The molecular formula is C11H17F2N3. The number of hydrogen-bond donors (Lipinski definition) is 1. The van der Waals surface area contributed by atoms with Crippen molar-refractivity contribution in [2.24, 2.45) is 0 Å². The van der Waals surface area contributed by atoms with Gasteiger partial charge in [-0.15, -0.1) is 0 Å². The van der Waals surface area contributed by atoms with Crippen molar-refractivity contribution in [3.63, 3.8) is 0 Å². The highest BCUT2D eigenvalue weighted by Crippen LogP contribution is 2.22. The first-order valence-corrected chi connectivity index (χ1v) is 5.31. The molecule has 0 aliphatic rings. The topological polar surface area (TPSA) is 42.2 Å². The van der Waals surface area contributed by atoms with Gasteiger partial charge in [0, 0.05) is 19.2 Å². The molecule has 1 rings (SSSR count). The van der Waals surface area contributed by atoms with E-state index in [0.29, 0.717) is 0 Å². The van der Waals surface area contributed by atoms with E-state index in [1.165, 1.54) is 0 Å². The first-order valence-electron chi connectivity index (χ1n) is 5.31. The van der Waals surface area contributed by atoms with Crippen LogP contribution in [0.2, 0.25) is 0 Å². The highest BCUT2D eigenvalue weighted by molar-refractivity contribution is 5.47. The third-order valence-electron chi connectivity index (χ3n) is 2.64. The molecule has 0 saturated carbocycles. The maximum atomic E-state index is 13.5. The number of aromatic nitrogens is 1. The number of hydrogen-bond acceptors (Lipinski definition) is 3. The summed E-state index contributed by atoms with van der Waals surface area (Å²) in [6, 6.07) is 0.907. The lowest BCUT2D eigenvalue weighted by Gasteiger charge is -2.26. The van der Waals surface area contributed by atoms with Crippen molar-refractivity contribution >= 4 is 11.6 Å². The van der Waals surface area contributed by atoms with E-state index in [0.717, 1.165) is 18.9 Å². The van der Waals surface area contributed by atoms with E-state index in [1.807, 2.05) is 13.8 Å². The van der Waals surface area contributed by atoms with Gasteiger partial charge in [0.25, 0.3) is 0 Å². The molecule has 0 bridgehead atoms. The fraction of sp³-hybridized carbons (Fsp3) is 0.545. The third-order valence-corrected chi connectivity index (χ3v) is 2.64. The van der Waals surface area contributed by atoms with Crippen molar-refractivity contribution < 1.29 is 8.78 Å². The number of nitrogens with two attached hydrogens (primary N) is 1. The minimum absolute atomic E-state index is 0.0971. The van der Waals surface area contributed by atoms with Crippen LogP contribution in [0.5, 0.6) is 0 Å². The molecule has 90 valence electrons. The van der Waals surface area contributed by atoms with Crippen LogP contribution in [0.1, 0.15) is 26.7 Å². The molecule has 0 amide bonds. The zero-order valence-electron chi connectivity index (χ0n) is 9.80. The van der Waals surface area contributed by atoms with Gasteiger partial charge >= 0.3 is 0 Å². The molecule has 1 aromatic heterocycles. The average Bonchev–Trinajstić information content (AvgIpc) is 2.23. The van der Waals surface area contributed by atoms with Crippen LogP contribution in [-0.2, 0) is 0 Å². The van der Waals surface area contributed by atoms with E-state index < -0.39 is 11.6 Å². The minimum Gasteiger partial charge on any atom is -0.381 e. The van der Waals surface area contributed by atoms with Crippen LogP contribution in [-0.4, -0.2) is 18.1 Å². The summed E-state index contributed by atoms with van der Waals surface area (Å²) in [6.07, 6.45) is 1.90. The zero-order chi connectivity index (χ0) is 12.3. The summed E-state index contributed by atoms with van der Waals surface area (Å²) in [7, 11) is 1.73. The van der Waals surface area contributed by atoms with Gasteiger partial charge in [-0.2, -0.15) is 0 Å². The zero-order valence-corrected chi connectivity index (χ0v) is 9.80. The van der Waals surface area contributed by atoms with Gasteiger partial charge in [0.05, 0.1) is 0 Å². The Morgan fingerprint density at radius 1 is 1.44 bits per heavy atom. The molecule has 1 aromatic rings. The molecule has 0 fully saturated rings. The van der Waals surface area contributed by atoms with Crippen LogP contribution in [0.4, 0.5) is 20.4 Å². The number of nitrogens with zero attached hydrogens (tertiary/aromatic N) is 2. The van der Waals surface area contributed by atoms with Crippen molar-refractivity contribution in [2.45, 2.75) is 32.7 Å². The van der Waals surface area contributed by atoms with E-state index in [4.69, 9.17) is 5.73 Å². The maximum Gasteiger partial charge on any atom is 0.168 e. The van der Waals surface area contributed by atoms with Crippen molar-refractivity contribution in [1.82, 2.24) is 4.98 Å². The van der Waals surface area contributed by atoms with Crippen LogP contribution in [0.3, 0.4) is 0 Å². The Labute approximate surface area is 94.3 Å². The second-order valence-corrected chi connectivity index (χ2v) is 3.91. The Hall–Kier alpha value is -1.39. The van der Waals surface area contributed by atoms with Gasteiger partial charge in [0.1, 0.15) is 0 Å². The SMILES string of the molecule is CCCC(C)N(C)c1nc(N)c(F)cc1F. The van der Waals surface area contributed by atoms with Crippen LogP contribution < -0.4 is 10.6 Å². The highest BCUT2D eigenvalue weighted by Gasteiger charge is 2.17. The van der Waals surface area contributed by atoms with E-state index >= 15 is 0 Å². The Morgan fingerprint density at radius 2 is 2.06 bits per heavy atom. The largest absolute Gasteiger partial charge is 0.381 e. The molecule has 5 heteroatoms. The van der Waals surface area contributed by atoms with E-state index in [1.54, 1.807) is 11.9 Å². The normalized spacial score (nSPS) is 12.6. The summed E-state index contributed by atoms with van der Waals surface area (Å²) in [4.78, 5) is 5.40. The predicted molar refractivity (Wildman–Crippen MR) is 61.3 cm³/mol. The van der Waals surface area contributed by atoms with E-state index in [-0.39, 0.29) is 17.7 Å².